The minimum absolute atomic E-state index is 0.353. The molecule has 0 aliphatic rings. The highest BCUT2D eigenvalue weighted by Gasteiger charge is 2.01. The maximum Gasteiger partial charge on any atom is 0.0785 e. The average Bonchev–Trinajstić information content (AvgIpc) is 2.35. The fourth-order valence-corrected chi connectivity index (χ4v) is 2.26. The van der Waals surface area contributed by atoms with Crippen molar-refractivity contribution in [1.82, 2.24) is 5.32 Å². The second-order valence-electron chi connectivity index (χ2n) is 3.81. The van der Waals surface area contributed by atoms with Crippen molar-refractivity contribution in [2.75, 3.05) is 32.6 Å². The van der Waals surface area contributed by atoms with E-state index in [1.165, 1.54) is 4.90 Å². The minimum Gasteiger partial charge on any atom is -0.391 e. The van der Waals surface area contributed by atoms with Crippen LogP contribution in [0.5, 0.6) is 0 Å². The molecule has 0 spiro atoms. The zero-order chi connectivity index (χ0) is 12.3. The van der Waals surface area contributed by atoms with Gasteiger partial charge in [0.25, 0.3) is 0 Å². The topological polar surface area (TPSA) is 41.5 Å². The van der Waals surface area contributed by atoms with Gasteiger partial charge in [-0.2, -0.15) is 0 Å². The number of thioether (sulfide) groups is 1. The Morgan fingerprint density at radius 2 is 2.06 bits per heavy atom. The van der Waals surface area contributed by atoms with Gasteiger partial charge in [0.1, 0.15) is 0 Å². The van der Waals surface area contributed by atoms with E-state index < -0.39 is 0 Å². The first-order valence-corrected chi connectivity index (χ1v) is 6.87. The summed E-state index contributed by atoms with van der Waals surface area (Å²) in [6.07, 6.45) is 0.387. The lowest BCUT2D eigenvalue weighted by Crippen LogP contribution is -2.24. The predicted molar refractivity (Wildman–Crippen MR) is 72.5 cm³/mol. The van der Waals surface area contributed by atoms with Crippen LogP contribution in [0.3, 0.4) is 0 Å². The molecule has 0 radical (unpaired) electrons. The molecule has 0 aromatic heterocycles. The lowest BCUT2D eigenvalue weighted by molar-refractivity contribution is 0.0595. The number of methoxy groups -OCH3 is 1. The summed E-state index contributed by atoms with van der Waals surface area (Å²) in [5.41, 5.74) is 0. The average molecular weight is 255 g/mol. The zero-order valence-electron chi connectivity index (χ0n) is 10.3. The second kappa shape index (κ2) is 9.48. The van der Waals surface area contributed by atoms with E-state index in [9.17, 15) is 5.11 Å². The van der Waals surface area contributed by atoms with Crippen molar-refractivity contribution in [3.63, 3.8) is 0 Å². The molecule has 2 N–H and O–H groups in total. The monoisotopic (exact) mass is 255 g/mol. The third-order valence-electron chi connectivity index (χ3n) is 2.30. The van der Waals surface area contributed by atoms with Crippen molar-refractivity contribution in [2.45, 2.75) is 17.4 Å². The number of nitrogens with one attached hydrogen (secondary N) is 1. The van der Waals surface area contributed by atoms with Gasteiger partial charge in [0.15, 0.2) is 0 Å². The normalized spacial score (nSPS) is 12.6. The van der Waals surface area contributed by atoms with Gasteiger partial charge in [-0.25, -0.2) is 0 Å². The van der Waals surface area contributed by atoms with E-state index in [0.29, 0.717) is 6.61 Å². The Hall–Kier alpha value is -0.550. The molecule has 1 unspecified atom stereocenters. The lowest BCUT2D eigenvalue weighted by Gasteiger charge is -2.09. The summed E-state index contributed by atoms with van der Waals surface area (Å²) in [5.74, 6) is 1.05. The van der Waals surface area contributed by atoms with Crippen molar-refractivity contribution < 1.29 is 9.84 Å². The fraction of sp³-hybridized carbons (Fsp3) is 0.538. The highest BCUT2D eigenvalue weighted by Crippen LogP contribution is 2.15. The molecule has 0 saturated heterocycles. The van der Waals surface area contributed by atoms with Crippen LogP contribution in [0, 0.1) is 0 Å². The van der Waals surface area contributed by atoms with Crippen LogP contribution in [0.15, 0.2) is 35.2 Å². The molecule has 1 rings (SSSR count). The van der Waals surface area contributed by atoms with Gasteiger partial charge in [-0.15, -0.1) is 11.8 Å². The van der Waals surface area contributed by atoms with Crippen LogP contribution in [0.1, 0.15) is 6.42 Å². The molecule has 0 heterocycles. The van der Waals surface area contributed by atoms with Crippen LogP contribution < -0.4 is 5.32 Å². The van der Waals surface area contributed by atoms with Gasteiger partial charge in [-0.3, -0.25) is 0 Å². The highest BCUT2D eigenvalue weighted by molar-refractivity contribution is 7.99. The minimum atomic E-state index is -0.353. The highest BCUT2D eigenvalue weighted by atomic mass is 32.2. The first-order chi connectivity index (χ1) is 8.33. The molecule has 0 aliphatic heterocycles. The van der Waals surface area contributed by atoms with Crippen LogP contribution in [-0.2, 0) is 4.74 Å². The number of aliphatic hydroxyl groups excluding tert-OH is 1. The lowest BCUT2D eigenvalue weighted by atomic mass is 10.3. The second-order valence-corrected chi connectivity index (χ2v) is 4.98. The Labute approximate surface area is 108 Å². The van der Waals surface area contributed by atoms with E-state index in [1.807, 2.05) is 17.8 Å². The predicted octanol–water partition coefficient (Wildman–Crippen LogP) is 1.77. The van der Waals surface area contributed by atoms with Crippen molar-refractivity contribution >= 4 is 11.8 Å². The molecule has 0 aliphatic carbocycles. The molecule has 3 nitrogen and oxygen atoms in total. The van der Waals surface area contributed by atoms with Crippen LogP contribution in [0.4, 0.5) is 0 Å². The van der Waals surface area contributed by atoms with Crippen LogP contribution in [-0.4, -0.2) is 43.8 Å². The first-order valence-electron chi connectivity index (χ1n) is 5.88. The van der Waals surface area contributed by atoms with Crippen molar-refractivity contribution in [3.8, 4) is 0 Å². The maximum absolute atomic E-state index is 9.41. The largest absolute Gasteiger partial charge is 0.391 e. The SMILES string of the molecule is COCC(O)CCNCCSc1ccccc1. The van der Waals surface area contributed by atoms with Crippen LogP contribution >= 0.6 is 11.8 Å². The van der Waals surface area contributed by atoms with Gasteiger partial charge in [0, 0.05) is 24.3 Å². The summed E-state index contributed by atoms with van der Waals surface area (Å²) in [6.45, 7) is 2.21. The van der Waals surface area contributed by atoms with Crippen molar-refractivity contribution in [1.29, 1.82) is 0 Å². The fourth-order valence-electron chi connectivity index (χ4n) is 1.43. The quantitative estimate of drug-likeness (QED) is 0.521. The summed E-state index contributed by atoms with van der Waals surface area (Å²) >= 11 is 1.84. The molecule has 4 heteroatoms. The third kappa shape index (κ3) is 7.39. The summed E-state index contributed by atoms with van der Waals surface area (Å²) in [6, 6.07) is 10.4. The number of benzene rings is 1. The zero-order valence-corrected chi connectivity index (χ0v) is 11.1. The Morgan fingerprint density at radius 3 is 2.76 bits per heavy atom. The molecule has 1 atom stereocenters. The van der Waals surface area contributed by atoms with E-state index in [2.05, 4.69) is 29.6 Å². The number of rotatable bonds is 9. The molecule has 0 saturated carbocycles. The summed E-state index contributed by atoms with van der Waals surface area (Å²) < 4.78 is 4.86. The number of hydrogen-bond acceptors (Lipinski definition) is 4. The molecule has 17 heavy (non-hydrogen) atoms. The Bertz CT molecular complexity index is 282. The van der Waals surface area contributed by atoms with E-state index in [-0.39, 0.29) is 6.10 Å². The molecular weight excluding hydrogens is 234 g/mol. The van der Waals surface area contributed by atoms with Gasteiger partial charge in [-0.05, 0) is 25.1 Å². The maximum atomic E-state index is 9.41. The third-order valence-corrected chi connectivity index (χ3v) is 3.32. The van der Waals surface area contributed by atoms with E-state index in [0.717, 1.165) is 25.3 Å². The molecule has 0 fully saturated rings. The van der Waals surface area contributed by atoms with E-state index in [1.54, 1.807) is 7.11 Å². The standard InChI is InChI=1S/C13H21NO2S/c1-16-11-12(15)7-8-14-9-10-17-13-5-3-2-4-6-13/h2-6,12,14-15H,7-11H2,1H3. The van der Waals surface area contributed by atoms with Crippen molar-refractivity contribution in [2.24, 2.45) is 0 Å². The van der Waals surface area contributed by atoms with Gasteiger partial charge >= 0.3 is 0 Å². The van der Waals surface area contributed by atoms with Crippen molar-refractivity contribution in [3.05, 3.63) is 30.3 Å². The molecule has 0 bridgehead atoms. The molecule has 0 amide bonds. The van der Waals surface area contributed by atoms with Gasteiger partial charge in [0.2, 0.25) is 0 Å². The van der Waals surface area contributed by atoms with Gasteiger partial charge in [0.05, 0.1) is 12.7 Å². The molecule has 1 aromatic carbocycles. The van der Waals surface area contributed by atoms with Gasteiger partial charge < -0.3 is 15.2 Å². The number of ether oxygens (including phenoxy) is 1. The Morgan fingerprint density at radius 1 is 1.29 bits per heavy atom. The summed E-state index contributed by atoms with van der Waals surface area (Å²) in [7, 11) is 1.60. The van der Waals surface area contributed by atoms with Gasteiger partial charge in [-0.1, -0.05) is 18.2 Å². The van der Waals surface area contributed by atoms with E-state index in [4.69, 9.17) is 4.74 Å². The Kier molecular flexibility index (Phi) is 8.09. The number of aliphatic hydroxyl groups is 1. The molecule has 96 valence electrons. The summed E-state index contributed by atoms with van der Waals surface area (Å²) in [4.78, 5) is 1.30. The number of hydrogen-bond donors (Lipinski definition) is 2. The first kappa shape index (κ1) is 14.5. The van der Waals surface area contributed by atoms with Crippen LogP contribution in [0.25, 0.3) is 0 Å². The summed E-state index contributed by atoms with van der Waals surface area (Å²) in [5, 5.41) is 12.7. The Balaban J connectivity index is 1.95. The van der Waals surface area contributed by atoms with E-state index >= 15 is 0 Å². The van der Waals surface area contributed by atoms with Crippen LogP contribution in [0.2, 0.25) is 0 Å². The molecule has 1 aromatic rings. The molecular formula is C13H21NO2S. The smallest absolute Gasteiger partial charge is 0.0785 e.